The average molecular weight is 211 g/mol. The van der Waals surface area contributed by atoms with Gasteiger partial charge in [-0.15, -0.1) is 0 Å². The van der Waals surface area contributed by atoms with Crippen LogP contribution in [0.5, 0.6) is 5.75 Å². The zero-order valence-electron chi connectivity index (χ0n) is 7.56. The minimum atomic E-state index is -1.03. The molecule has 78 valence electrons. The minimum Gasteiger partial charge on any atom is -0.503 e. The molecule has 1 aromatic rings. The zero-order chi connectivity index (χ0) is 11.3. The van der Waals surface area contributed by atoms with Gasteiger partial charge < -0.3 is 5.11 Å². The molecule has 0 aromatic heterocycles. The van der Waals surface area contributed by atoms with Crippen molar-refractivity contribution in [2.75, 3.05) is 6.54 Å². The summed E-state index contributed by atoms with van der Waals surface area (Å²) in [5.41, 5.74) is 8.21. The van der Waals surface area contributed by atoms with Crippen molar-refractivity contribution in [3.63, 3.8) is 0 Å². The van der Waals surface area contributed by atoms with Crippen molar-refractivity contribution in [1.29, 1.82) is 0 Å². The number of phenols is 1. The Morgan fingerprint density at radius 3 is 2.53 bits per heavy atom. The molecule has 0 aliphatic carbocycles. The first-order chi connectivity index (χ1) is 7.15. The highest BCUT2D eigenvalue weighted by Crippen LogP contribution is 2.21. The maximum absolute atomic E-state index is 12.8. The Morgan fingerprint density at radius 2 is 2.00 bits per heavy atom. The van der Waals surface area contributed by atoms with Gasteiger partial charge in [-0.05, 0) is 23.2 Å². The van der Waals surface area contributed by atoms with Gasteiger partial charge in [0.05, 0.1) is 0 Å². The van der Waals surface area contributed by atoms with Crippen LogP contribution in [0.1, 0.15) is 5.56 Å². The quantitative estimate of drug-likeness (QED) is 0.466. The summed E-state index contributed by atoms with van der Waals surface area (Å²) in [5, 5.41) is 12.0. The third-order valence-corrected chi connectivity index (χ3v) is 1.60. The van der Waals surface area contributed by atoms with Gasteiger partial charge in [0.15, 0.2) is 17.4 Å². The molecule has 0 saturated heterocycles. The Bertz CT molecular complexity index is 416. The highest BCUT2D eigenvalue weighted by molar-refractivity contribution is 5.51. The number of hydrogen-bond donors (Lipinski definition) is 1. The molecule has 1 aromatic carbocycles. The van der Waals surface area contributed by atoms with Crippen molar-refractivity contribution in [3.8, 4) is 5.75 Å². The van der Waals surface area contributed by atoms with Gasteiger partial charge in [0.2, 0.25) is 0 Å². The molecule has 4 nitrogen and oxygen atoms in total. The molecule has 0 radical (unpaired) electrons. The van der Waals surface area contributed by atoms with Crippen molar-refractivity contribution in [1.82, 2.24) is 0 Å². The second kappa shape index (κ2) is 4.97. The van der Waals surface area contributed by atoms with E-state index in [0.29, 0.717) is 0 Å². The molecule has 0 unspecified atom stereocenters. The summed E-state index contributed by atoms with van der Waals surface area (Å²) in [6, 6.07) is 1.95. The van der Waals surface area contributed by atoms with E-state index in [1.165, 1.54) is 12.2 Å². The van der Waals surface area contributed by atoms with Crippen LogP contribution < -0.4 is 0 Å². The normalized spacial score (nSPS) is 10.3. The van der Waals surface area contributed by atoms with E-state index >= 15 is 0 Å². The number of azide groups is 1. The molecule has 15 heavy (non-hydrogen) atoms. The van der Waals surface area contributed by atoms with E-state index in [0.717, 1.165) is 12.1 Å². The Labute approximate surface area is 84.1 Å². The number of hydrogen-bond acceptors (Lipinski definition) is 2. The first-order valence-corrected chi connectivity index (χ1v) is 4.00. The maximum atomic E-state index is 12.8. The second-order valence-electron chi connectivity index (χ2n) is 2.65. The van der Waals surface area contributed by atoms with Crippen LogP contribution in [0.15, 0.2) is 23.3 Å². The number of rotatable bonds is 3. The van der Waals surface area contributed by atoms with Gasteiger partial charge in [0.25, 0.3) is 0 Å². The number of nitrogens with zero attached hydrogens (tertiary/aromatic N) is 3. The molecule has 0 bridgehead atoms. The predicted molar refractivity (Wildman–Crippen MR) is 51.1 cm³/mol. The summed E-state index contributed by atoms with van der Waals surface area (Å²) < 4.78 is 25.6. The van der Waals surface area contributed by atoms with Crippen LogP contribution >= 0.6 is 0 Å². The molecule has 0 spiro atoms. The van der Waals surface area contributed by atoms with E-state index < -0.39 is 17.4 Å². The number of halogens is 2. The Kier molecular flexibility index (Phi) is 3.65. The highest BCUT2D eigenvalue weighted by Gasteiger charge is 2.07. The summed E-state index contributed by atoms with van der Waals surface area (Å²) in [5.74, 6) is -3.06. The van der Waals surface area contributed by atoms with Crippen LogP contribution in [0.25, 0.3) is 16.5 Å². The third kappa shape index (κ3) is 2.96. The fourth-order valence-corrected chi connectivity index (χ4v) is 0.954. The summed E-state index contributed by atoms with van der Waals surface area (Å²) in [7, 11) is 0. The summed E-state index contributed by atoms with van der Waals surface area (Å²) in [6.07, 6.45) is 2.84. The van der Waals surface area contributed by atoms with Crippen molar-refractivity contribution in [2.45, 2.75) is 0 Å². The Balaban J connectivity index is 2.87. The van der Waals surface area contributed by atoms with Gasteiger partial charge in [0, 0.05) is 11.5 Å². The van der Waals surface area contributed by atoms with Crippen LogP contribution in [0.2, 0.25) is 0 Å². The molecular formula is C9H7F2N3O. The fourth-order valence-electron chi connectivity index (χ4n) is 0.954. The third-order valence-electron chi connectivity index (χ3n) is 1.60. The van der Waals surface area contributed by atoms with Crippen LogP contribution in [0.3, 0.4) is 0 Å². The van der Waals surface area contributed by atoms with Crippen LogP contribution in [-0.4, -0.2) is 11.7 Å². The van der Waals surface area contributed by atoms with Crippen LogP contribution in [0, 0.1) is 11.6 Å². The summed E-state index contributed by atoms with van der Waals surface area (Å²) in [6.45, 7) is 0.0978. The van der Waals surface area contributed by atoms with E-state index in [-0.39, 0.29) is 12.1 Å². The molecule has 0 amide bonds. The smallest absolute Gasteiger partial charge is 0.187 e. The molecule has 0 fully saturated rings. The summed E-state index contributed by atoms with van der Waals surface area (Å²) in [4.78, 5) is 2.50. The lowest BCUT2D eigenvalue weighted by Crippen LogP contribution is -1.85. The molecule has 0 atom stereocenters. The summed E-state index contributed by atoms with van der Waals surface area (Å²) >= 11 is 0. The lowest BCUT2D eigenvalue weighted by atomic mass is 10.2. The maximum Gasteiger partial charge on any atom is 0.187 e. The van der Waals surface area contributed by atoms with Crippen molar-refractivity contribution in [3.05, 3.63) is 45.8 Å². The molecule has 0 heterocycles. The highest BCUT2D eigenvalue weighted by atomic mass is 19.1. The van der Waals surface area contributed by atoms with E-state index in [1.807, 2.05) is 0 Å². The van der Waals surface area contributed by atoms with Crippen molar-refractivity contribution in [2.24, 2.45) is 5.11 Å². The van der Waals surface area contributed by atoms with Gasteiger partial charge in [-0.25, -0.2) is 8.78 Å². The molecule has 0 saturated carbocycles. The lowest BCUT2D eigenvalue weighted by Gasteiger charge is -1.98. The number of phenolic OH excluding ortho intramolecular Hbond substituents is 1. The SMILES string of the molecule is [N-]=[N+]=NCC=Cc1cc(F)c(O)c(F)c1. The van der Waals surface area contributed by atoms with Gasteiger partial charge in [-0.1, -0.05) is 17.3 Å². The molecular weight excluding hydrogens is 204 g/mol. The van der Waals surface area contributed by atoms with Gasteiger partial charge in [-0.3, -0.25) is 0 Å². The second-order valence-corrected chi connectivity index (χ2v) is 2.65. The largest absolute Gasteiger partial charge is 0.503 e. The van der Waals surface area contributed by atoms with Gasteiger partial charge in [0.1, 0.15) is 0 Å². The van der Waals surface area contributed by atoms with Crippen molar-refractivity contribution < 1.29 is 13.9 Å². The van der Waals surface area contributed by atoms with E-state index in [1.54, 1.807) is 0 Å². The Morgan fingerprint density at radius 1 is 1.40 bits per heavy atom. The van der Waals surface area contributed by atoms with Crippen LogP contribution in [-0.2, 0) is 0 Å². The molecule has 1 N–H and O–H groups in total. The van der Waals surface area contributed by atoms with E-state index in [2.05, 4.69) is 10.0 Å². The topological polar surface area (TPSA) is 69.0 Å². The monoisotopic (exact) mass is 211 g/mol. The minimum absolute atomic E-state index is 0.0978. The van der Waals surface area contributed by atoms with Gasteiger partial charge in [-0.2, -0.15) is 0 Å². The number of aromatic hydroxyl groups is 1. The molecule has 0 aliphatic rings. The lowest BCUT2D eigenvalue weighted by molar-refractivity contribution is 0.396. The molecule has 6 heteroatoms. The van der Waals surface area contributed by atoms with E-state index in [9.17, 15) is 8.78 Å². The number of benzene rings is 1. The zero-order valence-corrected chi connectivity index (χ0v) is 7.56. The van der Waals surface area contributed by atoms with Crippen molar-refractivity contribution >= 4 is 6.08 Å². The van der Waals surface area contributed by atoms with Gasteiger partial charge >= 0.3 is 0 Å². The molecule has 1 rings (SSSR count). The Hall–Kier alpha value is -2.07. The average Bonchev–Trinajstić information content (AvgIpc) is 2.21. The fraction of sp³-hybridized carbons (Fsp3) is 0.111. The van der Waals surface area contributed by atoms with E-state index in [4.69, 9.17) is 10.6 Å². The molecule has 0 aliphatic heterocycles. The first kappa shape index (κ1) is 11.0. The first-order valence-electron chi connectivity index (χ1n) is 4.00. The van der Waals surface area contributed by atoms with Crippen LogP contribution in [0.4, 0.5) is 8.78 Å². The predicted octanol–water partition coefficient (Wildman–Crippen LogP) is 2.99. The standard InChI is InChI=1S/C9H7F2N3O/c10-7-4-6(2-1-3-13-14-12)5-8(11)9(7)15/h1-2,4-5,15H,3H2.